The molecule has 0 saturated carbocycles. The molecule has 0 fully saturated rings. The molecule has 1 N–H and O–H groups in total. The van der Waals surface area contributed by atoms with Crippen LogP contribution in [-0.2, 0) is 29.0 Å². The first-order chi connectivity index (χ1) is 17.4. The molecule has 36 heavy (non-hydrogen) atoms. The van der Waals surface area contributed by atoms with Crippen LogP contribution in [-0.4, -0.2) is 35.9 Å². The molecule has 0 bridgehead atoms. The maximum atomic E-state index is 13.5. The minimum Gasteiger partial charge on any atom is -0.484 e. The molecule has 3 rings (SSSR count). The quantitative estimate of drug-likeness (QED) is 0.381. The normalized spacial score (nSPS) is 11.7. The lowest BCUT2D eigenvalue weighted by atomic mass is 10.0. The third kappa shape index (κ3) is 8.22. The molecule has 5 nitrogen and oxygen atoms in total. The fourth-order valence-electron chi connectivity index (χ4n) is 3.81. The lowest BCUT2D eigenvalue weighted by Gasteiger charge is -2.31. The molecule has 3 aromatic rings. The van der Waals surface area contributed by atoms with Gasteiger partial charge in [0.1, 0.15) is 17.6 Å². The SMILES string of the molecule is CCc1ccc(OCC(=O)N(Cc2ccc(F)cc2)C(Cc2ccccc2)C(=O)NCC(C)C)cc1. The second kappa shape index (κ2) is 13.4. The van der Waals surface area contributed by atoms with Crippen molar-refractivity contribution in [3.8, 4) is 5.75 Å². The van der Waals surface area contributed by atoms with Gasteiger partial charge in [-0.05, 0) is 53.3 Å². The van der Waals surface area contributed by atoms with Crippen LogP contribution in [0.25, 0.3) is 0 Å². The molecular formula is C30H35FN2O3. The molecular weight excluding hydrogens is 455 g/mol. The fraction of sp³-hybridized carbons (Fsp3) is 0.333. The van der Waals surface area contributed by atoms with E-state index in [1.54, 1.807) is 12.1 Å². The Kier molecular flexibility index (Phi) is 10.0. The zero-order chi connectivity index (χ0) is 25.9. The van der Waals surface area contributed by atoms with Crippen LogP contribution in [0.15, 0.2) is 78.9 Å². The summed E-state index contributed by atoms with van der Waals surface area (Å²) in [5.41, 5.74) is 2.85. The van der Waals surface area contributed by atoms with Crippen molar-refractivity contribution < 1.29 is 18.7 Å². The highest BCUT2D eigenvalue weighted by molar-refractivity contribution is 5.88. The number of aryl methyl sites for hydroxylation is 1. The van der Waals surface area contributed by atoms with Gasteiger partial charge in [0.05, 0.1) is 0 Å². The van der Waals surface area contributed by atoms with Crippen LogP contribution >= 0.6 is 0 Å². The van der Waals surface area contributed by atoms with Gasteiger partial charge >= 0.3 is 0 Å². The first-order valence-electron chi connectivity index (χ1n) is 12.4. The standard InChI is InChI=1S/C30H35FN2O3/c1-4-23-12-16-27(17-13-23)36-21-29(34)33(20-25-10-14-26(31)15-11-25)28(30(35)32-19-22(2)3)18-24-8-6-5-7-9-24/h5-17,22,28H,4,18-21H2,1-3H3,(H,32,35). The Morgan fingerprint density at radius 2 is 1.53 bits per heavy atom. The number of ether oxygens (including phenoxy) is 1. The molecule has 0 aliphatic heterocycles. The van der Waals surface area contributed by atoms with Crippen LogP contribution in [0.1, 0.15) is 37.5 Å². The minimum atomic E-state index is -0.755. The highest BCUT2D eigenvalue weighted by Crippen LogP contribution is 2.17. The number of nitrogens with zero attached hydrogens (tertiary/aromatic N) is 1. The Balaban J connectivity index is 1.87. The van der Waals surface area contributed by atoms with Crippen molar-refractivity contribution in [3.05, 3.63) is 101 Å². The minimum absolute atomic E-state index is 0.157. The zero-order valence-electron chi connectivity index (χ0n) is 21.2. The van der Waals surface area contributed by atoms with Crippen LogP contribution in [0.5, 0.6) is 5.75 Å². The van der Waals surface area contributed by atoms with Gasteiger partial charge in [0.25, 0.3) is 5.91 Å². The maximum absolute atomic E-state index is 13.5. The Bertz CT molecular complexity index is 1100. The summed E-state index contributed by atoms with van der Waals surface area (Å²) in [6.07, 6.45) is 1.26. The summed E-state index contributed by atoms with van der Waals surface area (Å²) in [6, 6.07) is 22.4. The molecule has 0 saturated heterocycles. The third-order valence-corrected chi connectivity index (χ3v) is 5.92. The number of benzene rings is 3. The summed E-state index contributed by atoms with van der Waals surface area (Å²) >= 11 is 0. The number of nitrogens with one attached hydrogen (secondary N) is 1. The Hall–Kier alpha value is -3.67. The van der Waals surface area contributed by atoms with Crippen LogP contribution < -0.4 is 10.1 Å². The van der Waals surface area contributed by atoms with E-state index in [-0.39, 0.29) is 36.7 Å². The van der Waals surface area contributed by atoms with Crippen molar-refractivity contribution in [2.24, 2.45) is 5.92 Å². The fourth-order valence-corrected chi connectivity index (χ4v) is 3.81. The van der Waals surface area contributed by atoms with E-state index in [0.29, 0.717) is 18.7 Å². The largest absolute Gasteiger partial charge is 0.484 e. The van der Waals surface area contributed by atoms with E-state index in [4.69, 9.17) is 4.74 Å². The molecule has 6 heteroatoms. The van der Waals surface area contributed by atoms with E-state index < -0.39 is 6.04 Å². The van der Waals surface area contributed by atoms with Crippen molar-refractivity contribution in [2.75, 3.05) is 13.2 Å². The van der Waals surface area contributed by atoms with E-state index in [9.17, 15) is 14.0 Å². The van der Waals surface area contributed by atoms with Gasteiger partial charge in [0.2, 0.25) is 5.91 Å². The van der Waals surface area contributed by atoms with Crippen molar-refractivity contribution in [1.29, 1.82) is 0 Å². The number of halogens is 1. The van der Waals surface area contributed by atoms with Crippen LogP contribution in [0.2, 0.25) is 0 Å². The van der Waals surface area contributed by atoms with Crippen molar-refractivity contribution in [2.45, 2.75) is 46.2 Å². The molecule has 2 amide bonds. The average molecular weight is 491 g/mol. The summed E-state index contributed by atoms with van der Waals surface area (Å²) < 4.78 is 19.3. The lowest BCUT2D eigenvalue weighted by molar-refractivity contribution is -0.142. The molecule has 0 aromatic heterocycles. The molecule has 0 heterocycles. The zero-order valence-corrected chi connectivity index (χ0v) is 21.2. The number of carbonyl (C=O) groups is 2. The molecule has 1 atom stereocenters. The number of hydrogen-bond acceptors (Lipinski definition) is 3. The van der Waals surface area contributed by atoms with E-state index in [1.165, 1.54) is 22.6 Å². The monoisotopic (exact) mass is 490 g/mol. The first kappa shape index (κ1) is 26.9. The molecule has 0 aliphatic rings. The molecule has 3 aromatic carbocycles. The molecule has 1 unspecified atom stereocenters. The van der Waals surface area contributed by atoms with E-state index in [2.05, 4.69) is 12.2 Å². The van der Waals surface area contributed by atoms with Crippen molar-refractivity contribution in [3.63, 3.8) is 0 Å². The van der Waals surface area contributed by atoms with Gasteiger partial charge in [-0.3, -0.25) is 9.59 Å². The summed E-state index contributed by atoms with van der Waals surface area (Å²) in [6.45, 7) is 6.56. The van der Waals surface area contributed by atoms with Gasteiger partial charge in [-0.25, -0.2) is 4.39 Å². The second-order valence-electron chi connectivity index (χ2n) is 9.28. The van der Waals surface area contributed by atoms with Crippen LogP contribution in [0.4, 0.5) is 4.39 Å². The summed E-state index contributed by atoms with van der Waals surface area (Å²) in [4.78, 5) is 28.5. The second-order valence-corrected chi connectivity index (χ2v) is 9.28. The predicted molar refractivity (Wildman–Crippen MR) is 140 cm³/mol. The van der Waals surface area contributed by atoms with Gasteiger partial charge < -0.3 is 15.0 Å². The topological polar surface area (TPSA) is 58.6 Å². The smallest absolute Gasteiger partial charge is 0.261 e. The number of carbonyl (C=O) groups excluding carboxylic acids is 2. The third-order valence-electron chi connectivity index (χ3n) is 5.92. The summed E-state index contributed by atoms with van der Waals surface area (Å²) in [7, 11) is 0. The highest BCUT2D eigenvalue weighted by atomic mass is 19.1. The van der Waals surface area contributed by atoms with E-state index >= 15 is 0 Å². The van der Waals surface area contributed by atoms with Gasteiger partial charge in [0.15, 0.2) is 6.61 Å². The van der Waals surface area contributed by atoms with Crippen molar-refractivity contribution in [1.82, 2.24) is 10.2 Å². The molecule has 190 valence electrons. The predicted octanol–water partition coefficient (Wildman–Crippen LogP) is 5.18. The van der Waals surface area contributed by atoms with Gasteiger partial charge in [-0.15, -0.1) is 0 Å². The van der Waals surface area contributed by atoms with Gasteiger partial charge in [-0.1, -0.05) is 75.4 Å². The highest BCUT2D eigenvalue weighted by Gasteiger charge is 2.30. The maximum Gasteiger partial charge on any atom is 0.261 e. The average Bonchev–Trinajstić information content (AvgIpc) is 2.89. The molecule has 0 spiro atoms. The Morgan fingerprint density at radius 3 is 2.14 bits per heavy atom. The number of amides is 2. The molecule has 0 radical (unpaired) electrons. The van der Waals surface area contributed by atoms with Crippen molar-refractivity contribution >= 4 is 11.8 Å². The van der Waals surface area contributed by atoms with Gasteiger partial charge in [0, 0.05) is 19.5 Å². The van der Waals surface area contributed by atoms with Gasteiger partial charge in [-0.2, -0.15) is 0 Å². The van der Waals surface area contributed by atoms with E-state index in [0.717, 1.165) is 17.5 Å². The Labute approximate surface area is 213 Å². The van der Waals surface area contributed by atoms with Crippen LogP contribution in [0.3, 0.4) is 0 Å². The summed E-state index contributed by atoms with van der Waals surface area (Å²) in [5, 5.41) is 2.99. The summed E-state index contributed by atoms with van der Waals surface area (Å²) in [5.74, 6) is -0.0472. The lowest BCUT2D eigenvalue weighted by Crippen LogP contribution is -2.52. The number of hydrogen-bond donors (Lipinski definition) is 1. The molecule has 0 aliphatic carbocycles. The Morgan fingerprint density at radius 1 is 0.889 bits per heavy atom. The van der Waals surface area contributed by atoms with E-state index in [1.807, 2.05) is 68.4 Å². The van der Waals surface area contributed by atoms with Crippen LogP contribution in [0, 0.1) is 11.7 Å². The number of rotatable bonds is 12. The first-order valence-corrected chi connectivity index (χ1v) is 12.4.